The Morgan fingerprint density at radius 1 is 1.04 bits per heavy atom. The minimum absolute atomic E-state index is 0.228. The van der Waals surface area contributed by atoms with E-state index in [1.54, 1.807) is 0 Å². The number of benzene rings is 1. The zero-order valence-electron chi connectivity index (χ0n) is 15.8. The van der Waals surface area contributed by atoms with Crippen LogP contribution in [0.5, 0.6) is 0 Å². The molecule has 3 aromatic rings. The number of anilines is 1. The van der Waals surface area contributed by atoms with Crippen LogP contribution in [0.4, 0.5) is 5.82 Å². The number of aryl methyl sites for hydroxylation is 3. The number of carbonyl (C=O) groups excluding carboxylic acids is 1. The van der Waals surface area contributed by atoms with Crippen molar-refractivity contribution >= 4 is 17.5 Å². The SMILES string of the molecule is Cc1cc(N2CCN(C(=O)CCc3ccccc3)CC2)nc2nnc(C)n12. The summed E-state index contributed by atoms with van der Waals surface area (Å²) in [6.07, 6.45) is 1.36. The number of amides is 1. The zero-order valence-corrected chi connectivity index (χ0v) is 15.8. The number of piperazine rings is 1. The quantitative estimate of drug-likeness (QED) is 0.709. The van der Waals surface area contributed by atoms with Gasteiger partial charge in [0.05, 0.1) is 0 Å². The van der Waals surface area contributed by atoms with E-state index in [1.165, 1.54) is 5.56 Å². The molecule has 0 saturated carbocycles. The summed E-state index contributed by atoms with van der Waals surface area (Å²) in [7, 11) is 0. The Hall–Kier alpha value is -2.96. The fourth-order valence-electron chi connectivity index (χ4n) is 3.62. The van der Waals surface area contributed by atoms with Crippen LogP contribution in [0.3, 0.4) is 0 Å². The summed E-state index contributed by atoms with van der Waals surface area (Å²) in [5.41, 5.74) is 2.28. The highest BCUT2D eigenvalue weighted by molar-refractivity contribution is 5.76. The number of carbonyl (C=O) groups is 1. The zero-order chi connectivity index (χ0) is 18.8. The van der Waals surface area contributed by atoms with Crippen LogP contribution in [-0.4, -0.2) is 56.6 Å². The lowest BCUT2D eigenvalue weighted by molar-refractivity contribution is -0.131. The molecule has 0 radical (unpaired) electrons. The molecule has 1 aliphatic rings. The van der Waals surface area contributed by atoms with Crippen molar-refractivity contribution in [3.63, 3.8) is 0 Å². The van der Waals surface area contributed by atoms with Crippen molar-refractivity contribution in [2.24, 2.45) is 0 Å². The lowest BCUT2D eigenvalue weighted by atomic mass is 10.1. The number of fused-ring (bicyclic) bond motifs is 1. The molecule has 0 bridgehead atoms. The molecule has 7 heteroatoms. The van der Waals surface area contributed by atoms with Crippen LogP contribution in [-0.2, 0) is 11.2 Å². The van der Waals surface area contributed by atoms with Crippen molar-refractivity contribution in [1.29, 1.82) is 0 Å². The van der Waals surface area contributed by atoms with E-state index in [9.17, 15) is 4.79 Å². The third kappa shape index (κ3) is 3.63. The molecular formula is C20H24N6O. The maximum atomic E-state index is 12.5. The van der Waals surface area contributed by atoms with Crippen LogP contribution in [0.1, 0.15) is 23.5 Å². The van der Waals surface area contributed by atoms with E-state index in [-0.39, 0.29) is 5.91 Å². The Morgan fingerprint density at radius 2 is 1.78 bits per heavy atom. The van der Waals surface area contributed by atoms with Crippen molar-refractivity contribution in [3.8, 4) is 0 Å². The summed E-state index contributed by atoms with van der Waals surface area (Å²) in [6, 6.07) is 12.2. The molecule has 1 saturated heterocycles. The fourth-order valence-corrected chi connectivity index (χ4v) is 3.62. The second-order valence-electron chi connectivity index (χ2n) is 6.99. The molecule has 1 aliphatic heterocycles. The van der Waals surface area contributed by atoms with Crippen molar-refractivity contribution < 1.29 is 4.79 Å². The summed E-state index contributed by atoms with van der Waals surface area (Å²) in [5, 5.41) is 8.24. The summed E-state index contributed by atoms with van der Waals surface area (Å²) in [6.45, 7) is 6.99. The molecule has 3 heterocycles. The van der Waals surface area contributed by atoms with Gasteiger partial charge < -0.3 is 9.80 Å². The third-order valence-electron chi connectivity index (χ3n) is 5.14. The predicted molar refractivity (Wildman–Crippen MR) is 104 cm³/mol. The van der Waals surface area contributed by atoms with Gasteiger partial charge in [0.15, 0.2) is 0 Å². The molecule has 4 rings (SSSR count). The Labute approximate surface area is 158 Å². The van der Waals surface area contributed by atoms with Crippen LogP contribution in [0.25, 0.3) is 5.78 Å². The van der Waals surface area contributed by atoms with Crippen LogP contribution >= 0.6 is 0 Å². The van der Waals surface area contributed by atoms with Crippen molar-refractivity contribution in [3.05, 3.63) is 53.5 Å². The van der Waals surface area contributed by atoms with Gasteiger partial charge in [-0.2, -0.15) is 4.98 Å². The first-order valence-corrected chi connectivity index (χ1v) is 9.38. The molecule has 1 fully saturated rings. The van der Waals surface area contributed by atoms with Gasteiger partial charge in [-0.3, -0.25) is 9.20 Å². The molecule has 1 amide bonds. The molecule has 0 unspecified atom stereocenters. The van der Waals surface area contributed by atoms with Gasteiger partial charge in [-0.25, -0.2) is 0 Å². The van der Waals surface area contributed by atoms with E-state index in [4.69, 9.17) is 0 Å². The Morgan fingerprint density at radius 3 is 2.52 bits per heavy atom. The topological polar surface area (TPSA) is 66.6 Å². The number of nitrogens with zero attached hydrogens (tertiary/aromatic N) is 6. The Balaban J connectivity index is 1.36. The van der Waals surface area contributed by atoms with Crippen LogP contribution in [0.2, 0.25) is 0 Å². The molecule has 0 atom stereocenters. The molecule has 2 aromatic heterocycles. The van der Waals surface area contributed by atoms with E-state index in [1.807, 2.05) is 41.3 Å². The normalized spacial score (nSPS) is 14.7. The average molecular weight is 364 g/mol. The van der Waals surface area contributed by atoms with Crippen molar-refractivity contribution in [2.45, 2.75) is 26.7 Å². The smallest absolute Gasteiger partial charge is 0.257 e. The highest BCUT2D eigenvalue weighted by atomic mass is 16.2. The largest absolute Gasteiger partial charge is 0.353 e. The number of hydrogen-bond donors (Lipinski definition) is 0. The molecule has 0 aliphatic carbocycles. The third-order valence-corrected chi connectivity index (χ3v) is 5.14. The Kier molecular flexibility index (Phi) is 4.75. The van der Waals surface area contributed by atoms with Gasteiger partial charge in [0.1, 0.15) is 11.6 Å². The summed E-state index contributed by atoms with van der Waals surface area (Å²) >= 11 is 0. The number of aromatic nitrogens is 4. The molecule has 7 nitrogen and oxygen atoms in total. The van der Waals surface area contributed by atoms with Gasteiger partial charge in [0.2, 0.25) is 5.91 Å². The van der Waals surface area contributed by atoms with Crippen LogP contribution in [0, 0.1) is 13.8 Å². The minimum atomic E-state index is 0.228. The summed E-state index contributed by atoms with van der Waals surface area (Å²) in [4.78, 5) is 21.3. The maximum absolute atomic E-state index is 12.5. The molecule has 0 N–H and O–H groups in total. The second-order valence-corrected chi connectivity index (χ2v) is 6.99. The highest BCUT2D eigenvalue weighted by Crippen LogP contribution is 2.18. The summed E-state index contributed by atoms with van der Waals surface area (Å²) < 4.78 is 1.95. The fraction of sp³-hybridized carbons (Fsp3) is 0.400. The predicted octanol–water partition coefficient (Wildman–Crippen LogP) is 2.02. The lowest BCUT2D eigenvalue weighted by Crippen LogP contribution is -2.49. The number of rotatable bonds is 4. The van der Waals surface area contributed by atoms with Gasteiger partial charge in [-0.15, -0.1) is 10.2 Å². The second kappa shape index (κ2) is 7.34. The van der Waals surface area contributed by atoms with Gasteiger partial charge in [-0.1, -0.05) is 30.3 Å². The van der Waals surface area contributed by atoms with E-state index in [0.717, 1.165) is 49.9 Å². The lowest BCUT2D eigenvalue weighted by Gasteiger charge is -2.35. The first kappa shape index (κ1) is 17.5. The highest BCUT2D eigenvalue weighted by Gasteiger charge is 2.22. The van der Waals surface area contributed by atoms with E-state index < -0.39 is 0 Å². The molecular weight excluding hydrogens is 340 g/mol. The summed E-state index contributed by atoms with van der Waals surface area (Å²) in [5.74, 6) is 2.61. The standard InChI is InChI=1S/C20H24N6O/c1-15-14-18(21-20-23-22-16(2)26(15)20)24-10-12-25(13-11-24)19(27)9-8-17-6-4-3-5-7-17/h3-7,14H,8-13H2,1-2H3. The van der Waals surface area contributed by atoms with Crippen LogP contribution < -0.4 is 4.90 Å². The maximum Gasteiger partial charge on any atom is 0.257 e. The molecule has 140 valence electrons. The van der Waals surface area contributed by atoms with E-state index >= 15 is 0 Å². The molecule has 27 heavy (non-hydrogen) atoms. The van der Waals surface area contributed by atoms with Crippen molar-refractivity contribution in [1.82, 2.24) is 24.5 Å². The average Bonchev–Trinajstić information content (AvgIpc) is 3.08. The van der Waals surface area contributed by atoms with Gasteiger partial charge >= 0.3 is 0 Å². The molecule has 0 spiro atoms. The molecule has 1 aromatic carbocycles. The van der Waals surface area contributed by atoms with Gasteiger partial charge in [0, 0.05) is 44.4 Å². The minimum Gasteiger partial charge on any atom is -0.353 e. The first-order valence-electron chi connectivity index (χ1n) is 9.38. The van der Waals surface area contributed by atoms with Crippen molar-refractivity contribution in [2.75, 3.05) is 31.1 Å². The number of hydrogen-bond acceptors (Lipinski definition) is 5. The van der Waals surface area contributed by atoms with Crippen LogP contribution in [0.15, 0.2) is 36.4 Å². The van der Waals surface area contributed by atoms with Gasteiger partial charge in [0.25, 0.3) is 5.78 Å². The van der Waals surface area contributed by atoms with E-state index in [0.29, 0.717) is 12.2 Å². The monoisotopic (exact) mass is 364 g/mol. The first-order chi connectivity index (χ1) is 13.1. The van der Waals surface area contributed by atoms with Gasteiger partial charge in [-0.05, 0) is 25.8 Å². The van der Waals surface area contributed by atoms with E-state index in [2.05, 4.69) is 38.3 Å². The Bertz CT molecular complexity index is 944.